The number of hydrogen-bond acceptors (Lipinski definition) is 2. The van der Waals surface area contributed by atoms with Crippen molar-refractivity contribution in [2.45, 2.75) is 13.5 Å². The fraction of sp³-hybridized carbons (Fsp3) is 0.214. The van der Waals surface area contributed by atoms with Gasteiger partial charge in [-0.1, -0.05) is 12.1 Å². The van der Waals surface area contributed by atoms with Crippen molar-refractivity contribution < 1.29 is 4.39 Å². The Labute approximate surface area is 101 Å². The second-order valence-corrected chi connectivity index (χ2v) is 4.07. The third kappa shape index (κ3) is 2.68. The molecular formula is C14H15FN2. The van der Waals surface area contributed by atoms with Crippen molar-refractivity contribution in [1.29, 1.82) is 0 Å². The van der Waals surface area contributed by atoms with E-state index in [1.807, 2.05) is 32.2 Å². The maximum absolute atomic E-state index is 13.7. The highest BCUT2D eigenvalue weighted by Gasteiger charge is 2.06. The first-order valence-corrected chi connectivity index (χ1v) is 5.57. The van der Waals surface area contributed by atoms with Gasteiger partial charge in [-0.15, -0.1) is 0 Å². The van der Waals surface area contributed by atoms with Crippen LogP contribution in [0.4, 0.5) is 4.39 Å². The van der Waals surface area contributed by atoms with Crippen LogP contribution in [-0.4, -0.2) is 12.0 Å². The summed E-state index contributed by atoms with van der Waals surface area (Å²) in [7, 11) is 1.88. The molecule has 1 aromatic carbocycles. The maximum atomic E-state index is 13.7. The molecule has 1 N–H and O–H groups in total. The summed E-state index contributed by atoms with van der Waals surface area (Å²) in [6.45, 7) is 2.64. The highest BCUT2D eigenvalue weighted by molar-refractivity contribution is 5.60. The Morgan fingerprint density at radius 1 is 1.24 bits per heavy atom. The second-order valence-electron chi connectivity index (χ2n) is 4.07. The molecule has 0 bridgehead atoms. The van der Waals surface area contributed by atoms with E-state index in [0.29, 0.717) is 11.3 Å². The van der Waals surface area contributed by atoms with Crippen molar-refractivity contribution in [3.05, 3.63) is 53.5 Å². The van der Waals surface area contributed by atoms with Crippen molar-refractivity contribution in [3.63, 3.8) is 0 Å². The minimum atomic E-state index is -0.223. The van der Waals surface area contributed by atoms with Gasteiger partial charge in [0.05, 0.1) is 5.69 Å². The highest BCUT2D eigenvalue weighted by atomic mass is 19.1. The number of aryl methyl sites for hydroxylation is 1. The third-order valence-corrected chi connectivity index (χ3v) is 2.61. The van der Waals surface area contributed by atoms with Crippen LogP contribution in [0.1, 0.15) is 11.1 Å². The van der Waals surface area contributed by atoms with Gasteiger partial charge in [0.1, 0.15) is 5.82 Å². The van der Waals surface area contributed by atoms with Gasteiger partial charge in [-0.05, 0) is 43.3 Å². The molecule has 0 amide bonds. The number of rotatable bonds is 3. The first-order valence-electron chi connectivity index (χ1n) is 5.57. The zero-order valence-corrected chi connectivity index (χ0v) is 10.00. The molecule has 2 nitrogen and oxygen atoms in total. The van der Waals surface area contributed by atoms with Crippen LogP contribution in [0.15, 0.2) is 36.5 Å². The first-order chi connectivity index (χ1) is 8.20. The average Bonchev–Trinajstić information content (AvgIpc) is 2.31. The average molecular weight is 230 g/mol. The largest absolute Gasteiger partial charge is 0.316 e. The van der Waals surface area contributed by atoms with Crippen LogP contribution in [0.3, 0.4) is 0 Å². The minimum absolute atomic E-state index is 0.223. The van der Waals surface area contributed by atoms with Gasteiger partial charge in [0.25, 0.3) is 0 Å². The topological polar surface area (TPSA) is 24.9 Å². The number of halogens is 1. The second kappa shape index (κ2) is 5.06. The van der Waals surface area contributed by atoms with Gasteiger partial charge in [-0.3, -0.25) is 4.98 Å². The molecule has 0 saturated heterocycles. The van der Waals surface area contributed by atoms with Crippen LogP contribution >= 0.6 is 0 Å². The molecular weight excluding hydrogens is 215 g/mol. The highest BCUT2D eigenvalue weighted by Crippen LogP contribution is 2.21. The Hall–Kier alpha value is -1.74. The summed E-state index contributed by atoms with van der Waals surface area (Å²) < 4.78 is 13.7. The summed E-state index contributed by atoms with van der Waals surface area (Å²) in [6.07, 6.45) is 1.77. The van der Waals surface area contributed by atoms with Crippen LogP contribution < -0.4 is 5.32 Å². The fourth-order valence-electron chi connectivity index (χ4n) is 1.72. The summed E-state index contributed by atoms with van der Waals surface area (Å²) in [5, 5.41) is 3.05. The lowest BCUT2D eigenvalue weighted by molar-refractivity contribution is 0.629. The van der Waals surface area contributed by atoms with Gasteiger partial charge >= 0.3 is 0 Å². The Morgan fingerprint density at radius 3 is 2.65 bits per heavy atom. The van der Waals surface area contributed by atoms with Gasteiger partial charge in [0, 0.05) is 18.3 Å². The van der Waals surface area contributed by atoms with Crippen LogP contribution in [0, 0.1) is 12.7 Å². The maximum Gasteiger partial charge on any atom is 0.132 e. The minimum Gasteiger partial charge on any atom is -0.316 e. The number of pyridine rings is 1. The molecule has 0 aliphatic heterocycles. The van der Waals surface area contributed by atoms with Crippen LogP contribution in [0.5, 0.6) is 0 Å². The van der Waals surface area contributed by atoms with Crippen LogP contribution in [-0.2, 0) is 6.54 Å². The molecule has 2 aromatic rings. The van der Waals surface area contributed by atoms with Crippen molar-refractivity contribution in [3.8, 4) is 11.3 Å². The number of nitrogens with one attached hydrogen (secondary N) is 1. The lowest BCUT2D eigenvalue weighted by Gasteiger charge is -2.05. The fourth-order valence-corrected chi connectivity index (χ4v) is 1.72. The smallest absolute Gasteiger partial charge is 0.132 e. The van der Waals surface area contributed by atoms with Crippen molar-refractivity contribution >= 4 is 0 Å². The molecule has 0 aliphatic rings. The van der Waals surface area contributed by atoms with E-state index >= 15 is 0 Å². The van der Waals surface area contributed by atoms with Gasteiger partial charge in [0.2, 0.25) is 0 Å². The van der Waals surface area contributed by atoms with Crippen LogP contribution in [0.2, 0.25) is 0 Å². The summed E-state index contributed by atoms with van der Waals surface area (Å²) in [5.74, 6) is -0.223. The zero-order valence-electron chi connectivity index (χ0n) is 10.00. The quantitative estimate of drug-likeness (QED) is 0.877. The lowest BCUT2D eigenvalue weighted by atomic mass is 10.1. The van der Waals surface area contributed by atoms with Crippen molar-refractivity contribution in [1.82, 2.24) is 10.3 Å². The van der Waals surface area contributed by atoms with Gasteiger partial charge in [-0.25, -0.2) is 4.39 Å². The van der Waals surface area contributed by atoms with Gasteiger partial charge < -0.3 is 5.32 Å². The number of benzene rings is 1. The zero-order chi connectivity index (χ0) is 12.3. The van der Waals surface area contributed by atoms with Crippen molar-refractivity contribution in [2.75, 3.05) is 7.05 Å². The molecule has 0 unspecified atom stereocenters. The predicted octanol–water partition coefficient (Wildman–Crippen LogP) is 2.92. The molecule has 0 fully saturated rings. The molecule has 0 aliphatic carbocycles. The molecule has 0 atom stereocenters. The molecule has 88 valence electrons. The van der Waals surface area contributed by atoms with E-state index in [1.165, 1.54) is 6.07 Å². The summed E-state index contributed by atoms with van der Waals surface area (Å²) in [6, 6.07) is 8.99. The molecule has 1 heterocycles. The standard InChI is InChI=1S/C14H15FN2/c1-10-3-5-12(13(15)7-10)14-6-4-11(8-16-2)9-17-14/h3-7,9,16H,8H2,1-2H3. The number of nitrogens with zero attached hydrogens (tertiary/aromatic N) is 1. The van der Waals surface area contributed by atoms with Gasteiger partial charge in [0.15, 0.2) is 0 Å². The monoisotopic (exact) mass is 230 g/mol. The molecule has 1 aromatic heterocycles. The Morgan fingerprint density at radius 2 is 2.06 bits per heavy atom. The number of hydrogen-bond donors (Lipinski definition) is 1. The van der Waals surface area contributed by atoms with E-state index in [-0.39, 0.29) is 5.82 Å². The lowest BCUT2D eigenvalue weighted by Crippen LogP contribution is -2.05. The van der Waals surface area contributed by atoms with E-state index in [1.54, 1.807) is 12.3 Å². The molecule has 0 radical (unpaired) electrons. The summed E-state index contributed by atoms with van der Waals surface area (Å²) in [5.41, 5.74) is 3.22. The normalized spacial score (nSPS) is 10.5. The van der Waals surface area contributed by atoms with E-state index in [4.69, 9.17) is 0 Å². The van der Waals surface area contributed by atoms with Crippen LogP contribution in [0.25, 0.3) is 11.3 Å². The molecule has 3 heteroatoms. The third-order valence-electron chi connectivity index (χ3n) is 2.61. The molecule has 0 saturated carbocycles. The van der Waals surface area contributed by atoms with E-state index < -0.39 is 0 Å². The van der Waals surface area contributed by atoms with E-state index in [9.17, 15) is 4.39 Å². The van der Waals surface area contributed by atoms with Crippen molar-refractivity contribution in [2.24, 2.45) is 0 Å². The Bertz CT molecular complexity index is 506. The predicted molar refractivity (Wildman–Crippen MR) is 67.1 cm³/mol. The summed E-state index contributed by atoms with van der Waals surface area (Å²) in [4.78, 5) is 4.28. The Balaban J connectivity index is 2.33. The molecule has 0 spiro atoms. The van der Waals surface area contributed by atoms with E-state index in [2.05, 4.69) is 10.3 Å². The first kappa shape index (κ1) is 11.7. The molecule has 17 heavy (non-hydrogen) atoms. The number of aromatic nitrogens is 1. The van der Waals surface area contributed by atoms with Gasteiger partial charge in [-0.2, -0.15) is 0 Å². The summed E-state index contributed by atoms with van der Waals surface area (Å²) >= 11 is 0. The Kier molecular flexibility index (Phi) is 3.49. The SMILES string of the molecule is CNCc1ccc(-c2ccc(C)cc2F)nc1. The van der Waals surface area contributed by atoms with E-state index in [0.717, 1.165) is 17.7 Å². The molecule has 2 rings (SSSR count).